The van der Waals surface area contributed by atoms with Crippen LogP contribution in [0.4, 0.5) is 11.4 Å². The van der Waals surface area contributed by atoms with Crippen LogP contribution in [0.2, 0.25) is 5.02 Å². The molecule has 0 spiro atoms. The number of nitrogens with two attached hydrogens (primary N) is 1. The number of fused-ring (bicyclic) bond motifs is 1. The van der Waals surface area contributed by atoms with Crippen LogP contribution in [0, 0.1) is 0 Å². The fourth-order valence-corrected chi connectivity index (χ4v) is 2.74. The molecule has 18 heavy (non-hydrogen) atoms. The van der Waals surface area contributed by atoms with Crippen molar-refractivity contribution >= 4 is 23.0 Å². The van der Waals surface area contributed by atoms with E-state index >= 15 is 0 Å². The number of hydrogen-bond acceptors (Lipinski definition) is 2. The first-order chi connectivity index (χ1) is 8.74. The van der Waals surface area contributed by atoms with Crippen molar-refractivity contribution in [3.8, 4) is 0 Å². The topological polar surface area (TPSA) is 38.0 Å². The Bertz CT molecular complexity index is 580. The molecule has 0 amide bonds. The third-order valence-electron chi connectivity index (χ3n) is 3.45. The Morgan fingerprint density at radius 2 is 2.00 bits per heavy atom. The molecule has 3 N–H and O–H groups in total. The van der Waals surface area contributed by atoms with Crippen LogP contribution in [0.3, 0.4) is 0 Å². The Morgan fingerprint density at radius 3 is 2.83 bits per heavy atom. The van der Waals surface area contributed by atoms with Crippen molar-refractivity contribution in [2.45, 2.75) is 18.9 Å². The van der Waals surface area contributed by atoms with E-state index < -0.39 is 0 Å². The summed E-state index contributed by atoms with van der Waals surface area (Å²) in [6.07, 6.45) is 2.16. The largest absolute Gasteiger partial charge is 0.399 e. The molecular weight excluding hydrogens is 244 g/mol. The minimum absolute atomic E-state index is 0.334. The molecular formula is C15H15ClN2. The van der Waals surface area contributed by atoms with Gasteiger partial charge < -0.3 is 11.1 Å². The smallest absolute Gasteiger partial charge is 0.0637 e. The minimum atomic E-state index is 0.334. The maximum Gasteiger partial charge on any atom is 0.0637 e. The number of nitrogens with one attached hydrogen (secondary N) is 1. The van der Waals surface area contributed by atoms with Gasteiger partial charge >= 0.3 is 0 Å². The minimum Gasteiger partial charge on any atom is -0.399 e. The van der Waals surface area contributed by atoms with E-state index in [1.807, 2.05) is 30.3 Å². The van der Waals surface area contributed by atoms with E-state index in [1.54, 1.807) is 0 Å². The molecule has 2 aromatic carbocycles. The van der Waals surface area contributed by atoms with Crippen LogP contribution >= 0.6 is 11.6 Å². The number of aryl methyl sites for hydroxylation is 1. The third kappa shape index (κ3) is 2.04. The lowest BCUT2D eigenvalue weighted by Gasteiger charge is -2.16. The molecule has 1 unspecified atom stereocenters. The monoisotopic (exact) mass is 258 g/mol. The molecule has 0 bridgehead atoms. The van der Waals surface area contributed by atoms with Crippen LogP contribution in [0.15, 0.2) is 42.5 Å². The molecule has 0 aliphatic heterocycles. The second kappa shape index (κ2) is 4.54. The van der Waals surface area contributed by atoms with Crippen molar-refractivity contribution in [2.24, 2.45) is 0 Å². The first kappa shape index (κ1) is 11.4. The summed E-state index contributed by atoms with van der Waals surface area (Å²) in [6, 6.07) is 14.3. The van der Waals surface area contributed by atoms with Crippen LogP contribution in [-0.4, -0.2) is 0 Å². The van der Waals surface area contributed by atoms with Crippen molar-refractivity contribution in [1.82, 2.24) is 0 Å². The van der Waals surface area contributed by atoms with Gasteiger partial charge in [0.15, 0.2) is 0 Å². The van der Waals surface area contributed by atoms with Gasteiger partial charge in [-0.05, 0) is 48.2 Å². The van der Waals surface area contributed by atoms with Gasteiger partial charge in [-0.15, -0.1) is 0 Å². The van der Waals surface area contributed by atoms with Gasteiger partial charge in [-0.2, -0.15) is 0 Å². The Hall–Kier alpha value is -1.67. The number of nitrogen functional groups attached to an aromatic ring is 1. The number of anilines is 2. The summed E-state index contributed by atoms with van der Waals surface area (Å²) in [5, 5.41) is 4.28. The first-order valence-electron chi connectivity index (χ1n) is 6.13. The average Bonchev–Trinajstić information content (AvgIpc) is 2.74. The molecule has 92 valence electrons. The van der Waals surface area contributed by atoms with Gasteiger partial charge in [0.1, 0.15) is 0 Å². The van der Waals surface area contributed by atoms with Crippen molar-refractivity contribution in [2.75, 3.05) is 11.1 Å². The predicted octanol–water partition coefficient (Wildman–Crippen LogP) is 4.02. The molecule has 0 saturated heterocycles. The quantitative estimate of drug-likeness (QED) is 0.799. The van der Waals surface area contributed by atoms with E-state index in [4.69, 9.17) is 17.3 Å². The molecule has 1 aliphatic carbocycles. The summed E-state index contributed by atoms with van der Waals surface area (Å²) in [6.45, 7) is 0. The SMILES string of the molecule is Nc1ccc2c(c1)CCC2Nc1ccccc1Cl. The van der Waals surface area contributed by atoms with E-state index in [1.165, 1.54) is 11.1 Å². The van der Waals surface area contributed by atoms with Crippen LogP contribution in [0.1, 0.15) is 23.6 Å². The highest BCUT2D eigenvalue weighted by Gasteiger charge is 2.22. The van der Waals surface area contributed by atoms with Gasteiger partial charge in [0.05, 0.1) is 16.8 Å². The number of para-hydroxylation sites is 1. The normalized spacial score (nSPS) is 17.5. The zero-order valence-electron chi connectivity index (χ0n) is 9.99. The average molecular weight is 259 g/mol. The van der Waals surface area contributed by atoms with Crippen molar-refractivity contribution in [1.29, 1.82) is 0 Å². The van der Waals surface area contributed by atoms with E-state index in [2.05, 4.69) is 17.4 Å². The standard InChI is InChI=1S/C15H15ClN2/c16-13-3-1-2-4-15(13)18-14-8-5-10-9-11(17)6-7-12(10)14/h1-4,6-7,9,14,18H,5,8,17H2. The third-order valence-corrected chi connectivity index (χ3v) is 3.78. The van der Waals surface area contributed by atoms with Gasteiger partial charge in [-0.3, -0.25) is 0 Å². The molecule has 3 rings (SSSR count). The molecule has 0 heterocycles. The Morgan fingerprint density at radius 1 is 1.17 bits per heavy atom. The molecule has 2 aromatic rings. The van der Waals surface area contributed by atoms with Crippen molar-refractivity contribution in [3.05, 3.63) is 58.6 Å². The van der Waals surface area contributed by atoms with Gasteiger partial charge in [-0.25, -0.2) is 0 Å². The van der Waals surface area contributed by atoms with Crippen molar-refractivity contribution in [3.63, 3.8) is 0 Å². The van der Waals surface area contributed by atoms with E-state index in [0.717, 1.165) is 29.2 Å². The summed E-state index contributed by atoms with van der Waals surface area (Å²) < 4.78 is 0. The Balaban J connectivity index is 1.87. The Kier molecular flexibility index (Phi) is 2.88. The number of hydrogen-bond donors (Lipinski definition) is 2. The van der Waals surface area contributed by atoms with Crippen LogP contribution in [0.5, 0.6) is 0 Å². The van der Waals surface area contributed by atoms with Gasteiger partial charge in [0, 0.05) is 5.69 Å². The summed E-state index contributed by atoms with van der Waals surface area (Å²) in [5.41, 5.74) is 10.3. The van der Waals surface area contributed by atoms with Crippen LogP contribution < -0.4 is 11.1 Å². The number of benzene rings is 2. The van der Waals surface area contributed by atoms with E-state index in [-0.39, 0.29) is 0 Å². The number of rotatable bonds is 2. The maximum atomic E-state index is 6.17. The molecule has 3 heteroatoms. The summed E-state index contributed by atoms with van der Waals surface area (Å²) in [7, 11) is 0. The summed E-state index contributed by atoms with van der Waals surface area (Å²) in [4.78, 5) is 0. The molecule has 0 fully saturated rings. The Labute approximate surface area is 112 Å². The first-order valence-corrected chi connectivity index (χ1v) is 6.51. The maximum absolute atomic E-state index is 6.17. The molecule has 0 aromatic heterocycles. The zero-order chi connectivity index (χ0) is 12.5. The molecule has 0 radical (unpaired) electrons. The lowest BCUT2D eigenvalue weighted by Crippen LogP contribution is -2.07. The van der Waals surface area contributed by atoms with E-state index in [9.17, 15) is 0 Å². The van der Waals surface area contributed by atoms with Gasteiger partial charge in [0.25, 0.3) is 0 Å². The lowest BCUT2D eigenvalue weighted by atomic mass is 10.1. The second-order valence-electron chi connectivity index (χ2n) is 4.67. The number of halogens is 1. The molecule has 1 aliphatic rings. The highest BCUT2D eigenvalue weighted by Crippen LogP contribution is 2.36. The predicted molar refractivity (Wildman–Crippen MR) is 77.0 cm³/mol. The van der Waals surface area contributed by atoms with Gasteiger partial charge in [-0.1, -0.05) is 29.8 Å². The fraction of sp³-hybridized carbons (Fsp3) is 0.200. The second-order valence-corrected chi connectivity index (χ2v) is 5.08. The lowest BCUT2D eigenvalue weighted by molar-refractivity contribution is 0.762. The highest BCUT2D eigenvalue weighted by atomic mass is 35.5. The van der Waals surface area contributed by atoms with Gasteiger partial charge in [0.2, 0.25) is 0 Å². The zero-order valence-corrected chi connectivity index (χ0v) is 10.7. The summed E-state index contributed by atoms with van der Waals surface area (Å²) in [5.74, 6) is 0. The molecule has 2 nitrogen and oxygen atoms in total. The van der Waals surface area contributed by atoms with Crippen LogP contribution in [0.25, 0.3) is 0 Å². The van der Waals surface area contributed by atoms with Crippen LogP contribution in [-0.2, 0) is 6.42 Å². The highest BCUT2D eigenvalue weighted by molar-refractivity contribution is 6.33. The molecule has 0 saturated carbocycles. The van der Waals surface area contributed by atoms with Crippen molar-refractivity contribution < 1.29 is 0 Å². The fourth-order valence-electron chi connectivity index (χ4n) is 2.55. The van der Waals surface area contributed by atoms with E-state index in [0.29, 0.717) is 6.04 Å². The molecule has 1 atom stereocenters. The summed E-state index contributed by atoms with van der Waals surface area (Å²) >= 11 is 6.17.